The number of hydrogen-bond acceptors (Lipinski definition) is 5. The molecule has 8 heteroatoms. The van der Waals surface area contributed by atoms with Crippen LogP contribution in [0.5, 0.6) is 0 Å². The Hall–Kier alpha value is -1.70. The molecular weight excluding hydrogens is 368 g/mol. The maximum absolute atomic E-state index is 13.3. The normalized spacial score (nSPS) is 22.3. The molecule has 0 aliphatic carbocycles. The van der Waals surface area contributed by atoms with E-state index in [1.54, 1.807) is 19.2 Å². The number of amides is 2. The lowest BCUT2D eigenvalue weighted by Gasteiger charge is -2.42. The number of nitrogens with one attached hydrogen (secondary N) is 2. The molecule has 2 N–H and O–H groups in total. The van der Waals surface area contributed by atoms with E-state index in [4.69, 9.17) is 16.3 Å². The molecule has 1 aromatic heterocycles. The van der Waals surface area contributed by atoms with Crippen molar-refractivity contribution in [2.75, 3.05) is 45.2 Å². The minimum absolute atomic E-state index is 0.103. The van der Waals surface area contributed by atoms with Crippen LogP contribution in [0.15, 0.2) is 18.3 Å². The number of rotatable bonds is 5. The van der Waals surface area contributed by atoms with E-state index in [1.165, 1.54) is 6.20 Å². The molecule has 0 bridgehead atoms. The van der Waals surface area contributed by atoms with Crippen molar-refractivity contribution in [1.29, 1.82) is 0 Å². The first-order valence-electron chi connectivity index (χ1n) is 9.45. The van der Waals surface area contributed by atoms with Crippen LogP contribution in [-0.4, -0.2) is 61.6 Å². The van der Waals surface area contributed by atoms with Gasteiger partial charge < -0.3 is 20.3 Å². The molecule has 0 radical (unpaired) electrons. The average molecular weight is 395 g/mol. The molecule has 1 aromatic rings. The second kappa shape index (κ2) is 8.99. The van der Waals surface area contributed by atoms with Crippen LogP contribution >= 0.6 is 11.6 Å². The summed E-state index contributed by atoms with van der Waals surface area (Å²) in [5.74, 6) is 0.255. The highest BCUT2D eigenvalue weighted by atomic mass is 35.5. The number of nitrogens with zero attached hydrogens (tertiary/aromatic N) is 2. The predicted molar refractivity (Wildman–Crippen MR) is 104 cm³/mol. The number of halogens is 1. The molecule has 2 saturated heterocycles. The van der Waals surface area contributed by atoms with Crippen LogP contribution < -0.4 is 10.6 Å². The van der Waals surface area contributed by atoms with Gasteiger partial charge in [-0.25, -0.2) is 4.98 Å². The zero-order valence-corrected chi connectivity index (χ0v) is 16.4. The summed E-state index contributed by atoms with van der Waals surface area (Å²) >= 11 is 5.83. The zero-order valence-electron chi connectivity index (χ0n) is 15.7. The van der Waals surface area contributed by atoms with E-state index in [9.17, 15) is 9.59 Å². The highest BCUT2D eigenvalue weighted by molar-refractivity contribution is 6.30. The van der Waals surface area contributed by atoms with Crippen LogP contribution in [0.3, 0.4) is 0 Å². The van der Waals surface area contributed by atoms with Gasteiger partial charge in [0.15, 0.2) is 0 Å². The van der Waals surface area contributed by atoms with Gasteiger partial charge in [-0.15, -0.1) is 0 Å². The maximum atomic E-state index is 13.3. The Morgan fingerprint density at radius 2 is 2.19 bits per heavy atom. The molecule has 2 amide bonds. The van der Waals surface area contributed by atoms with Crippen molar-refractivity contribution in [3.63, 3.8) is 0 Å². The van der Waals surface area contributed by atoms with Crippen LogP contribution in [0.2, 0.25) is 5.02 Å². The molecule has 0 saturated carbocycles. The summed E-state index contributed by atoms with van der Waals surface area (Å²) in [7, 11) is 1.64. The number of likely N-dealkylation sites (tertiary alicyclic amines) is 1. The van der Waals surface area contributed by atoms with Gasteiger partial charge in [0.1, 0.15) is 5.82 Å². The summed E-state index contributed by atoms with van der Waals surface area (Å²) in [5, 5.41) is 6.66. The molecule has 0 spiro atoms. The van der Waals surface area contributed by atoms with Gasteiger partial charge in [0.25, 0.3) is 0 Å². The number of ether oxygens (including phenoxy) is 1. The van der Waals surface area contributed by atoms with Crippen LogP contribution in [0.25, 0.3) is 0 Å². The average Bonchev–Trinajstić information content (AvgIpc) is 2.70. The van der Waals surface area contributed by atoms with E-state index in [0.29, 0.717) is 30.5 Å². The van der Waals surface area contributed by atoms with E-state index in [1.807, 2.05) is 4.90 Å². The Morgan fingerprint density at radius 1 is 1.41 bits per heavy atom. The quantitative estimate of drug-likeness (QED) is 0.797. The molecule has 3 rings (SSSR count). The lowest BCUT2D eigenvalue weighted by molar-refractivity contribution is -0.150. The number of methoxy groups -OCH3 is 1. The Balaban J connectivity index is 1.64. The van der Waals surface area contributed by atoms with E-state index in [-0.39, 0.29) is 17.7 Å². The van der Waals surface area contributed by atoms with E-state index >= 15 is 0 Å². The van der Waals surface area contributed by atoms with Gasteiger partial charge in [0.2, 0.25) is 11.8 Å². The second-order valence-corrected chi connectivity index (χ2v) is 7.84. The number of pyridine rings is 1. The van der Waals surface area contributed by atoms with Crippen molar-refractivity contribution in [2.24, 2.45) is 11.3 Å². The van der Waals surface area contributed by atoms with E-state index in [2.05, 4.69) is 15.6 Å². The molecular formula is C19H27ClN4O3. The maximum Gasteiger partial charge on any atom is 0.231 e. The number of piperidine rings is 2. The third-order valence-corrected chi connectivity index (χ3v) is 5.72. The monoisotopic (exact) mass is 394 g/mol. The van der Waals surface area contributed by atoms with Crippen molar-refractivity contribution in [3.8, 4) is 0 Å². The fraction of sp³-hybridized carbons (Fsp3) is 0.632. The van der Waals surface area contributed by atoms with E-state index in [0.717, 1.165) is 38.8 Å². The minimum Gasteiger partial charge on any atom is -0.384 e. The largest absolute Gasteiger partial charge is 0.384 e. The highest BCUT2D eigenvalue weighted by Crippen LogP contribution is 2.33. The van der Waals surface area contributed by atoms with Crippen LogP contribution in [-0.2, 0) is 14.3 Å². The fourth-order valence-electron chi connectivity index (χ4n) is 3.99. The van der Waals surface area contributed by atoms with Crippen molar-refractivity contribution in [1.82, 2.24) is 15.2 Å². The lowest BCUT2D eigenvalue weighted by atomic mass is 9.77. The minimum atomic E-state index is -0.476. The van der Waals surface area contributed by atoms with Gasteiger partial charge in [-0.1, -0.05) is 11.6 Å². The molecule has 2 aliphatic rings. The molecule has 1 unspecified atom stereocenters. The number of aromatic nitrogens is 1. The van der Waals surface area contributed by atoms with Crippen LogP contribution in [0.1, 0.15) is 25.7 Å². The molecule has 2 fully saturated rings. The van der Waals surface area contributed by atoms with Crippen molar-refractivity contribution >= 4 is 29.2 Å². The highest BCUT2D eigenvalue weighted by Gasteiger charge is 2.43. The molecule has 7 nitrogen and oxygen atoms in total. The Bertz CT molecular complexity index is 656. The first kappa shape index (κ1) is 20.0. The third-order valence-electron chi connectivity index (χ3n) is 5.49. The van der Waals surface area contributed by atoms with Crippen molar-refractivity contribution in [3.05, 3.63) is 23.4 Å². The lowest BCUT2D eigenvalue weighted by Crippen LogP contribution is -2.54. The molecule has 0 aromatic carbocycles. The smallest absolute Gasteiger partial charge is 0.231 e. The SMILES string of the molecule is COCC1(C(=O)N2CCCC(C(=O)Nc3ccc(Cl)cn3)C2)CCNCC1. The van der Waals surface area contributed by atoms with Gasteiger partial charge in [-0.3, -0.25) is 9.59 Å². The third kappa shape index (κ3) is 4.78. The summed E-state index contributed by atoms with van der Waals surface area (Å²) < 4.78 is 5.39. The predicted octanol–water partition coefficient (Wildman–Crippen LogP) is 1.93. The number of carbonyl (C=O) groups is 2. The topological polar surface area (TPSA) is 83.6 Å². The van der Waals surface area contributed by atoms with Crippen LogP contribution in [0.4, 0.5) is 5.82 Å². The van der Waals surface area contributed by atoms with Gasteiger partial charge >= 0.3 is 0 Å². The van der Waals surface area contributed by atoms with Gasteiger partial charge in [-0.2, -0.15) is 0 Å². The summed E-state index contributed by atoms with van der Waals surface area (Å²) in [6, 6.07) is 3.36. The Kier molecular flexibility index (Phi) is 6.68. The summed E-state index contributed by atoms with van der Waals surface area (Å²) in [6.07, 6.45) is 4.62. The fourth-order valence-corrected chi connectivity index (χ4v) is 4.10. The molecule has 148 valence electrons. The van der Waals surface area contributed by atoms with E-state index < -0.39 is 5.41 Å². The number of hydrogen-bond donors (Lipinski definition) is 2. The molecule has 1 atom stereocenters. The van der Waals surface area contributed by atoms with Crippen LogP contribution in [0, 0.1) is 11.3 Å². The standard InChI is InChI=1S/C19H27ClN4O3/c1-27-13-19(6-8-21-9-7-19)18(26)24-10-2-3-14(12-24)17(25)23-16-5-4-15(20)11-22-16/h4-5,11,14,21H,2-3,6-10,12-13H2,1H3,(H,22,23,25). The summed E-state index contributed by atoms with van der Waals surface area (Å²) in [4.78, 5) is 31.9. The Labute approximate surface area is 164 Å². The summed E-state index contributed by atoms with van der Waals surface area (Å²) in [6.45, 7) is 3.19. The van der Waals surface area contributed by atoms with Crippen molar-refractivity contribution in [2.45, 2.75) is 25.7 Å². The molecule has 3 heterocycles. The van der Waals surface area contributed by atoms with Crippen molar-refractivity contribution < 1.29 is 14.3 Å². The van der Waals surface area contributed by atoms with Gasteiger partial charge in [0, 0.05) is 26.4 Å². The second-order valence-electron chi connectivity index (χ2n) is 7.40. The summed E-state index contributed by atoms with van der Waals surface area (Å²) in [5.41, 5.74) is -0.476. The van der Waals surface area contributed by atoms with Gasteiger partial charge in [0.05, 0.1) is 23.0 Å². The number of carbonyl (C=O) groups excluding carboxylic acids is 2. The number of anilines is 1. The van der Waals surface area contributed by atoms with Gasteiger partial charge in [-0.05, 0) is 50.9 Å². The molecule has 27 heavy (non-hydrogen) atoms. The first-order valence-corrected chi connectivity index (χ1v) is 9.83. The molecule has 2 aliphatic heterocycles. The first-order chi connectivity index (χ1) is 13.0. The zero-order chi connectivity index (χ0) is 19.3. The Morgan fingerprint density at radius 3 is 2.85 bits per heavy atom.